The average molecular weight is 145 g/mol. The van der Waals surface area contributed by atoms with Gasteiger partial charge < -0.3 is 13.3 Å². The summed E-state index contributed by atoms with van der Waals surface area (Å²) in [4.78, 5) is 10.1. The number of hydrogen-bond acceptors (Lipinski definition) is 3. The van der Waals surface area contributed by atoms with E-state index >= 15 is 0 Å². The Balaban J connectivity index is -0.0000000600. The van der Waals surface area contributed by atoms with Crippen LogP contribution in [0.5, 0.6) is 0 Å². The van der Waals surface area contributed by atoms with Crippen molar-refractivity contribution in [3.8, 4) is 0 Å². The van der Waals surface area contributed by atoms with E-state index in [1.165, 1.54) is 7.11 Å². The van der Waals surface area contributed by atoms with Crippen molar-refractivity contribution in [1.29, 1.82) is 0 Å². The molecule has 46 valence electrons. The van der Waals surface area contributed by atoms with Crippen LogP contribution in [-0.2, 0) is 9.53 Å². The third kappa shape index (κ3) is 6.69. The maximum atomic E-state index is 10.1. The zero-order valence-electron chi connectivity index (χ0n) is 7.02. The van der Waals surface area contributed by atoms with Crippen LogP contribution in [0.3, 0.4) is 0 Å². The molecule has 0 bridgehead atoms. The van der Waals surface area contributed by atoms with Crippen molar-refractivity contribution >= 4 is 43.7 Å². The minimum atomic E-state index is -0.248. The summed E-state index contributed by atoms with van der Waals surface area (Å²) in [6.45, 7) is 0.368. The van der Waals surface area contributed by atoms with E-state index in [0.717, 1.165) is 0 Å². The van der Waals surface area contributed by atoms with E-state index in [9.17, 15) is 4.79 Å². The number of carbonyl (C=O) groups excluding carboxylic acids is 1. The number of esters is 1. The van der Waals surface area contributed by atoms with Crippen LogP contribution in [0.4, 0.5) is 0 Å². The monoisotopic (exact) mass is 145 g/mol. The fourth-order valence-corrected chi connectivity index (χ4v) is 0.220. The van der Waals surface area contributed by atoms with Crippen molar-refractivity contribution in [1.82, 2.24) is 0 Å². The van der Waals surface area contributed by atoms with E-state index in [-0.39, 0.29) is 46.6 Å². The second-order valence-electron chi connectivity index (χ2n) is 1.11. The Morgan fingerprint density at radius 2 is 2.38 bits per heavy atom. The van der Waals surface area contributed by atoms with Crippen LogP contribution in [0.2, 0.25) is 0 Å². The zero-order chi connectivity index (χ0) is 5.70. The average Bonchev–Trinajstić information content (AvgIpc) is 1.68. The van der Waals surface area contributed by atoms with Gasteiger partial charge in [-0.2, -0.15) is 0 Å². The van der Waals surface area contributed by atoms with E-state index in [4.69, 9.17) is 5.73 Å². The van der Waals surface area contributed by atoms with E-state index in [0.29, 0.717) is 13.0 Å². The van der Waals surface area contributed by atoms with Crippen LogP contribution in [0, 0.1) is 0 Å². The van der Waals surface area contributed by atoms with Crippen LogP contribution in [0.15, 0.2) is 0 Å². The van der Waals surface area contributed by atoms with Crippen LogP contribution < -0.4 is 5.73 Å². The minimum Gasteiger partial charge on any atom is -1.00 e. The van der Waals surface area contributed by atoms with E-state index < -0.39 is 0 Å². The van der Waals surface area contributed by atoms with Gasteiger partial charge in [0, 0.05) is 6.54 Å². The molecule has 0 unspecified atom stereocenters. The Kier molecular flexibility index (Phi) is 11.0. The maximum absolute atomic E-state index is 10.1. The molecule has 4 heteroatoms. The molecule has 0 saturated carbocycles. The molecule has 0 heterocycles. The summed E-state index contributed by atoms with van der Waals surface area (Å²) in [5.41, 5.74) is 5.00. The molecule has 0 aliphatic carbocycles. The van der Waals surface area contributed by atoms with Gasteiger partial charge >= 0.3 is 43.7 Å². The molecule has 0 aromatic rings. The van der Waals surface area contributed by atoms with Gasteiger partial charge in [0.2, 0.25) is 0 Å². The molecular weight excluding hydrogens is 134 g/mol. The second kappa shape index (κ2) is 7.69. The maximum Gasteiger partial charge on any atom is 2.00 e. The van der Waals surface area contributed by atoms with E-state index in [1.54, 1.807) is 0 Å². The molecule has 0 saturated heterocycles. The Labute approximate surface area is 81.5 Å². The van der Waals surface area contributed by atoms with Crippen molar-refractivity contribution in [2.75, 3.05) is 13.7 Å². The molecule has 0 aromatic heterocycles. The predicted molar refractivity (Wildman–Crippen MR) is 33.7 cm³/mol. The molecule has 2 N–H and O–H groups in total. The number of hydrogen-bond donors (Lipinski definition) is 1. The fraction of sp³-hybridized carbons (Fsp3) is 0.750. The van der Waals surface area contributed by atoms with Crippen LogP contribution in [-0.4, -0.2) is 57.4 Å². The topological polar surface area (TPSA) is 52.3 Å². The van der Waals surface area contributed by atoms with Gasteiger partial charge in [-0.25, -0.2) is 0 Å². The number of methoxy groups -OCH3 is 1. The largest absolute Gasteiger partial charge is 2.00 e. The van der Waals surface area contributed by atoms with Gasteiger partial charge in [0.15, 0.2) is 0 Å². The molecule has 0 radical (unpaired) electrons. The van der Waals surface area contributed by atoms with Crippen LogP contribution in [0.25, 0.3) is 0 Å². The smallest absolute Gasteiger partial charge is 1.00 e. The van der Waals surface area contributed by atoms with Crippen molar-refractivity contribution < 1.29 is 12.4 Å². The van der Waals surface area contributed by atoms with Gasteiger partial charge in [-0.15, -0.1) is 0 Å². The summed E-state index contributed by atoms with van der Waals surface area (Å²) < 4.78 is 4.27. The van der Waals surface area contributed by atoms with Gasteiger partial charge in [0.1, 0.15) is 0 Å². The summed E-state index contributed by atoms with van der Waals surface area (Å²) in [6.07, 6.45) is 0.316. The van der Waals surface area contributed by atoms with Gasteiger partial charge in [0.25, 0.3) is 0 Å². The first-order valence-electron chi connectivity index (χ1n) is 2.08. The third-order valence-corrected chi connectivity index (χ3v) is 0.576. The summed E-state index contributed by atoms with van der Waals surface area (Å²) in [7, 11) is 1.35. The molecule has 0 atom stereocenters. The van der Waals surface area contributed by atoms with Gasteiger partial charge in [-0.3, -0.25) is 4.79 Å². The van der Waals surface area contributed by atoms with Crippen molar-refractivity contribution in [2.24, 2.45) is 5.73 Å². The quantitative estimate of drug-likeness (QED) is 0.415. The normalized spacial score (nSPS) is 7.25. The first-order valence-corrected chi connectivity index (χ1v) is 2.08. The Hall–Kier alpha value is 0.690. The van der Waals surface area contributed by atoms with E-state index in [2.05, 4.69) is 4.74 Å². The molecule has 0 aliphatic rings. The molecule has 3 nitrogen and oxygen atoms in total. The van der Waals surface area contributed by atoms with Crippen molar-refractivity contribution in [2.45, 2.75) is 6.42 Å². The molecule has 0 amide bonds. The first-order chi connectivity index (χ1) is 3.31. The van der Waals surface area contributed by atoms with Crippen LogP contribution >= 0.6 is 0 Å². The Bertz CT molecular complexity index is 74.3. The van der Waals surface area contributed by atoms with Gasteiger partial charge in [0.05, 0.1) is 13.5 Å². The van der Waals surface area contributed by atoms with Gasteiger partial charge in [-0.05, 0) is 0 Å². The fourth-order valence-electron chi connectivity index (χ4n) is 0.220. The first kappa shape index (κ1) is 11.5. The number of ether oxygens (including phenoxy) is 1. The third-order valence-electron chi connectivity index (χ3n) is 0.576. The van der Waals surface area contributed by atoms with E-state index in [1.807, 2.05) is 0 Å². The van der Waals surface area contributed by atoms with Gasteiger partial charge in [-0.1, -0.05) is 0 Å². The molecule has 0 spiro atoms. The zero-order valence-corrected chi connectivity index (χ0v) is 7.22. The second-order valence-corrected chi connectivity index (χ2v) is 1.11. The summed E-state index contributed by atoms with van der Waals surface area (Å²) in [5, 5.41) is 0. The summed E-state index contributed by atoms with van der Waals surface area (Å²) in [5.74, 6) is -0.248. The molecule has 0 rings (SSSR count). The molecule has 0 aliphatic heterocycles. The minimum absolute atomic E-state index is 0. The SMILES string of the molecule is COC(=O)CCN.[Ca+2].[H-].[H-]. The molecule has 8 heavy (non-hydrogen) atoms. The van der Waals surface area contributed by atoms with Crippen molar-refractivity contribution in [3.63, 3.8) is 0 Å². The predicted octanol–water partition coefficient (Wildman–Crippen LogP) is -0.648. The van der Waals surface area contributed by atoms with Crippen LogP contribution in [0.1, 0.15) is 9.27 Å². The number of rotatable bonds is 2. The standard InChI is InChI=1S/C4H9NO2.Ca.2H/c1-7-4(6)2-3-5;;;/h2-3,5H2,1H3;;;/q;+2;2*-1. The molecular formula is C4H11CaNO2. The number of nitrogens with two attached hydrogens (primary N) is 1. The summed E-state index contributed by atoms with van der Waals surface area (Å²) in [6, 6.07) is 0. The molecule has 0 fully saturated rings. The Morgan fingerprint density at radius 1 is 1.88 bits per heavy atom. The number of carbonyl (C=O) groups is 1. The Morgan fingerprint density at radius 3 is 2.50 bits per heavy atom. The van der Waals surface area contributed by atoms with Crippen molar-refractivity contribution in [3.05, 3.63) is 0 Å². The molecule has 0 aromatic carbocycles. The summed E-state index contributed by atoms with van der Waals surface area (Å²) >= 11 is 0.